The number of imide groups is 1. The van der Waals surface area contributed by atoms with Crippen molar-refractivity contribution in [2.45, 2.75) is 6.04 Å². The zero-order chi connectivity index (χ0) is 11.0. The standard InChI is InChI=1S/C8H11N5O2/c1-12-5(2-3-10-12)6-7(14)11-8(15)13(6)4-9/h2-3,6H,4,9H2,1H3,(H,11,14,15). The van der Waals surface area contributed by atoms with Crippen LogP contribution in [0.1, 0.15) is 11.7 Å². The summed E-state index contributed by atoms with van der Waals surface area (Å²) in [5.74, 6) is -0.367. The molecular weight excluding hydrogens is 198 g/mol. The number of rotatable bonds is 2. The topological polar surface area (TPSA) is 93.2 Å². The molecular formula is C8H11N5O2. The van der Waals surface area contributed by atoms with Crippen molar-refractivity contribution in [2.24, 2.45) is 12.8 Å². The average molecular weight is 209 g/mol. The molecule has 1 aromatic rings. The molecule has 1 saturated heterocycles. The highest BCUT2D eigenvalue weighted by molar-refractivity contribution is 6.04. The van der Waals surface area contributed by atoms with Crippen LogP contribution in [-0.4, -0.2) is 33.3 Å². The zero-order valence-corrected chi connectivity index (χ0v) is 8.17. The van der Waals surface area contributed by atoms with Crippen molar-refractivity contribution in [2.75, 3.05) is 6.67 Å². The van der Waals surface area contributed by atoms with Gasteiger partial charge < -0.3 is 5.73 Å². The Balaban J connectivity index is 2.39. The first-order valence-corrected chi connectivity index (χ1v) is 4.44. The number of nitrogens with one attached hydrogen (secondary N) is 1. The summed E-state index contributed by atoms with van der Waals surface area (Å²) in [6.07, 6.45) is 1.57. The summed E-state index contributed by atoms with van der Waals surface area (Å²) in [5, 5.41) is 6.16. The number of aryl methyl sites for hydroxylation is 1. The lowest BCUT2D eigenvalue weighted by Gasteiger charge is -2.19. The molecule has 1 fully saturated rings. The largest absolute Gasteiger partial charge is 0.326 e. The molecule has 7 heteroatoms. The van der Waals surface area contributed by atoms with Gasteiger partial charge in [0.25, 0.3) is 5.91 Å². The molecule has 3 N–H and O–H groups in total. The molecule has 3 amide bonds. The Hall–Kier alpha value is -1.89. The van der Waals surface area contributed by atoms with Crippen LogP contribution in [-0.2, 0) is 11.8 Å². The predicted molar refractivity (Wildman–Crippen MR) is 50.4 cm³/mol. The van der Waals surface area contributed by atoms with E-state index >= 15 is 0 Å². The van der Waals surface area contributed by atoms with E-state index in [1.807, 2.05) is 0 Å². The summed E-state index contributed by atoms with van der Waals surface area (Å²) < 4.78 is 1.55. The van der Waals surface area contributed by atoms with E-state index in [1.54, 1.807) is 24.0 Å². The fourth-order valence-electron chi connectivity index (χ4n) is 1.64. The number of hydrogen-bond donors (Lipinski definition) is 2. The predicted octanol–water partition coefficient (Wildman–Crippen LogP) is -1.07. The molecule has 1 aliphatic heterocycles. The molecule has 0 saturated carbocycles. The summed E-state index contributed by atoms with van der Waals surface area (Å²) in [5.41, 5.74) is 6.06. The molecule has 80 valence electrons. The van der Waals surface area contributed by atoms with Crippen LogP contribution in [0.5, 0.6) is 0 Å². The first-order valence-electron chi connectivity index (χ1n) is 4.44. The number of carbonyl (C=O) groups excluding carboxylic acids is 2. The molecule has 0 bridgehead atoms. The van der Waals surface area contributed by atoms with Gasteiger partial charge in [-0.3, -0.25) is 19.7 Å². The molecule has 1 aromatic heterocycles. The van der Waals surface area contributed by atoms with Crippen LogP contribution in [0.25, 0.3) is 0 Å². The third kappa shape index (κ3) is 1.37. The third-order valence-electron chi connectivity index (χ3n) is 2.39. The smallest absolute Gasteiger partial charge is 0.314 e. The van der Waals surface area contributed by atoms with Crippen LogP contribution in [0.3, 0.4) is 0 Å². The van der Waals surface area contributed by atoms with Crippen LogP contribution in [0.4, 0.5) is 4.79 Å². The van der Waals surface area contributed by atoms with Gasteiger partial charge >= 0.3 is 6.03 Å². The Morgan fingerprint density at radius 3 is 2.87 bits per heavy atom. The molecule has 7 nitrogen and oxygen atoms in total. The molecule has 1 aliphatic rings. The van der Waals surface area contributed by atoms with Gasteiger partial charge in [-0.15, -0.1) is 0 Å². The van der Waals surface area contributed by atoms with Crippen LogP contribution < -0.4 is 11.1 Å². The number of carbonyl (C=O) groups is 2. The number of hydrogen-bond acceptors (Lipinski definition) is 4. The molecule has 0 spiro atoms. The molecule has 0 aliphatic carbocycles. The van der Waals surface area contributed by atoms with Gasteiger partial charge in [0.1, 0.15) is 0 Å². The second-order valence-corrected chi connectivity index (χ2v) is 3.23. The zero-order valence-electron chi connectivity index (χ0n) is 8.17. The lowest BCUT2D eigenvalue weighted by atomic mass is 10.2. The van der Waals surface area contributed by atoms with Gasteiger partial charge in [0.15, 0.2) is 6.04 Å². The summed E-state index contributed by atoms with van der Waals surface area (Å²) in [6.45, 7) is -0.00653. The Morgan fingerprint density at radius 2 is 2.33 bits per heavy atom. The maximum Gasteiger partial charge on any atom is 0.326 e. The molecule has 2 rings (SSSR count). The first kappa shape index (κ1) is 9.66. The van der Waals surface area contributed by atoms with Gasteiger partial charge in [0.2, 0.25) is 0 Å². The summed E-state index contributed by atoms with van der Waals surface area (Å²) in [4.78, 5) is 24.1. The van der Waals surface area contributed by atoms with Crippen molar-refractivity contribution >= 4 is 11.9 Å². The van der Waals surface area contributed by atoms with Crippen LogP contribution in [0.2, 0.25) is 0 Å². The maximum absolute atomic E-state index is 11.5. The van der Waals surface area contributed by atoms with Gasteiger partial charge in [-0.05, 0) is 6.07 Å². The van der Waals surface area contributed by atoms with E-state index in [4.69, 9.17) is 5.73 Å². The summed E-state index contributed by atoms with van der Waals surface area (Å²) >= 11 is 0. The maximum atomic E-state index is 11.5. The number of amides is 3. The Kier molecular flexibility index (Phi) is 2.16. The Bertz CT molecular complexity index is 413. The van der Waals surface area contributed by atoms with Crippen LogP contribution in [0.15, 0.2) is 12.3 Å². The van der Waals surface area contributed by atoms with E-state index < -0.39 is 12.1 Å². The second-order valence-electron chi connectivity index (χ2n) is 3.23. The first-order chi connectivity index (χ1) is 7.15. The quantitative estimate of drug-likeness (QED) is 0.606. The van der Waals surface area contributed by atoms with Crippen molar-refractivity contribution in [1.82, 2.24) is 20.0 Å². The lowest BCUT2D eigenvalue weighted by Crippen LogP contribution is -2.35. The van der Waals surface area contributed by atoms with Crippen LogP contribution in [0, 0.1) is 0 Å². The van der Waals surface area contributed by atoms with Gasteiger partial charge in [-0.2, -0.15) is 5.10 Å². The number of nitrogens with two attached hydrogens (primary N) is 1. The van der Waals surface area contributed by atoms with E-state index in [1.165, 1.54) is 4.90 Å². The summed E-state index contributed by atoms with van der Waals surface area (Å²) in [6, 6.07) is 0.551. The number of urea groups is 1. The molecule has 1 atom stereocenters. The monoisotopic (exact) mass is 209 g/mol. The Morgan fingerprint density at radius 1 is 1.60 bits per heavy atom. The van der Waals surface area contributed by atoms with Gasteiger partial charge in [-0.1, -0.05) is 0 Å². The fraction of sp³-hybridized carbons (Fsp3) is 0.375. The van der Waals surface area contributed by atoms with Crippen LogP contribution >= 0.6 is 0 Å². The van der Waals surface area contributed by atoms with E-state index in [2.05, 4.69) is 10.4 Å². The highest BCUT2D eigenvalue weighted by Gasteiger charge is 2.40. The molecule has 1 unspecified atom stereocenters. The van der Waals surface area contributed by atoms with Crippen molar-refractivity contribution in [3.63, 3.8) is 0 Å². The SMILES string of the molecule is Cn1nccc1C1C(=O)NC(=O)N1CN. The fourth-order valence-corrected chi connectivity index (χ4v) is 1.64. The van der Waals surface area contributed by atoms with Gasteiger partial charge in [0.05, 0.1) is 12.4 Å². The van der Waals surface area contributed by atoms with Gasteiger partial charge in [-0.25, -0.2) is 4.79 Å². The molecule has 0 aromatic carbocycles. The number of nitrogens with zero attached hydrogens (tertiary/aromatic N) is 3. The van der Waals surface area contributed by atoms with E-state index in [9.17, 15) is 9.59 Å². The van der Waals surface area contributed by atoms with Crippen molar-refractivity contribution < 1.29 is 9.59 Å². The second kappa shape index (κ2) is 3.35. The minimum absolute atomic E-state index is 0.00653. The average Bonchev–Trinajstić information content (AvgIpc) is 2.70. The molecule has 15 heavy (non-hydrogen) atoms. The minimum atomic E-state index is -0.671. The third-order valence-corrected chi connectivity index (χ3v) is 2.39. The minimum Gasteiger partial charge on any atom is -0.314 e. The van der Waals surface area contributed by atoms with E-state index in [0.29, 0.717) is 5.69 Å². The van der Waals surface area contributed by atoms with E-state index in [-0.39, 0.29) is 12.6 Å². The molecule has 0 radical (unpaired) electrons. The lowest BCUT2D eigenvalue weighted by molar-refractivity contribution is -0.121. The van der Waals surface area contributed by atoms with Crippen molar-refractivity contribution in [1.29, 1.82) is 0 Å². The normalized spacial score (nSPS) is 20.9. The Labute approximate surface area is 85.8 Å². The van der Waals surface area contributed by atoms with Crippen molar-refractivity contribution in [3.8, 4) is 0 Å². The highest BCUT2D eigenvalue weighted by atomic mass is 16.2. The molecule has 2 heterocycles. The number of aromatic nitrogens is 2. The van der Waals surface area contributed by atoms with E-state index in [0.717, 1.165) is 0 Å². The highest BCUT2D eigenvalue weighted by Crippen LogP contribution is 2.23. The summed E-state index contributed by atoms with van der Waals surface area (Å²) in [7, 11) is 1.71. The van der Waals surface area contributed by atoms with Crippen molar-refractivity contribution in [3.05, 3.63) is 18.0 Å². The van der Waals surface area contributed by atoms with Gasteiger partial charge in [0, 0.05) is 13.2 Å².